The zero-order valence-electron chi connectivity index (χ0n) is 11.0. The molecule has 3 rings (SSSR count). The number of allylic oxidation sites excluding steroid dienone is 2. The monoisotopic (exact) mass is 220 g/mol. The number of fused-ring (bicyclic) bond motifs is 2. The van der Waals surface area contributed by atoms with Crippen LogP contribution in [0.2, 0.25) is 0 Å². The van der Waals surface area contributed by atoms with Crippen LogP contribution in [-0.4, -0.2) is 6.29 Å². The van der Waals surface area contributed by atoms with E-state index in [-0.39, 0.29) is 0 Å². The lowest BCUT2D eigenvalue weighted by Gasteiger charge is -2.62. The lowest BCUT2D eigenvalue weighted by atomic mass is 9.43. The van der Waals surface area contributed by atoms with Gasteiger partial charge in [0, 0.05) is 0 Å². The summed E-state index contributed by atoms with van der Waals surface area (Å²) in [4.78, 5) is 10.6. The lowest BCUT2D eigenvalue weighted by Crippen LogP contribution is -2.54. The summed E-state index contributed by atoms with van der Waals surface area (Å²) in [7, 11) is 0. The van der Waals surface area contributed by atoms with E-state index >= 15 is 0 Å². The Morgan fingerprint density at radius 1 is 1.38 bits per heavy atom. The molecule has 1 heteroatoms. The maximum atomic E-state index is 10.6. The predicted molar refractivity (Wildman–Crippen MR) is 67.1 cm³/mol. The summed E-state index contributed by atoms with van der Waals surface area (Å²) in [6.45, 7) is 9.19. The van der Waals surface area contributed by atoms with Crippen molar-refractivity contribution in [3.8, 4) is 0 Å². The summed E-state index contributed by atoms with van der Waals surface area (Å²) in [5, 5.41) is 0. The van der Waals surface area contributed by atoms with Crippen molar-refractivity contribution in [2.45, 2.75) is 47.0 Å². The number of carbonyl (C=O) groups excluding carboxylic acids is 1. The van der Waals surface area contributed by atoms with Gasteiger partial charge in [-0.05, 0) is 60.8 Å². The summed E-state index contributed by atoms with van der Waals surface area (Å²) in [6.07, 6.45) is 7.02. The quantitative estimate of drug-likeness (QED) is 0.521. The molecule has 0 spiro atoms. The van der Waals surface area contributed by atoms with E-state index in [0.717, 1.165) is 42.0 Å². The number of rotatable bonds is 3. The highest BCUT2D eigenvalue weighted by molar-refractivity contribution is 5.71. The van der Waals surface area contributed by atoms with Crippen LogP contribution in [0.1, 0.15) is 47.0 Å². The smallest absolute Gasteiger partial charge is 0.145 e. The van der Waals surface area contributed by atoms with Crippen molar-refractivity contribution in [3.05, 3.63) is 11.6 Å². The van der Waals surface area contributed by atoms with E-state index in [1.807, 2.05) is 6.92 Å². The standard InChI is InChI=1S/C15H24O/c1-10(9-16)5-6-12-7-13-8-14(11(12)2)15(13,3)4/h5,9,11-14H,6-8H2,1-4H3/t11-,12-,13+,14+/m1/s1. The van der Waals surface area contributed by atoms with Crippen LogP contribution in [-0.2, 0) is 4.79 Å². The van der Waals surface area contributed by atoms with Crippen molar-refractivity contribution >= 4 is 6.29 Å². The van der Waals surface area contributed by atoms with Crippen molar-refractivity contribution in [3.63, 3.8) is 0 Å². The molecule has 3 aliphatic carbocycles. The normalized spacial score (nSPS) is 41.4. The average Bonchev–Trinajstić information content (AvgIpc) is 2.26. The van der Waals surface area contributed by atoms with E-state index in [1.165, 1.54) is 12.8 Å². The second kappa shape index (κ2) is 4.01. The number of hydrogen-bond donors (Lipinski definition) is 0. The van der Waals surface area contributed by atoms with Crippen LogP contribution in [0.5, 0.6) is 0 Å². The molecule has 3 saturated carbocycles. The lowest BCUT2D eigenvalue weighted by molar-refractivity contribution is -0.127. The molecule has 0 aromatic rings. The first-order valence-corrected chi connectivity index (χ1v) is 6.58. The van der Waals surface area contributed by atoms with Gasteiger partial charge in [-0.1, -0.05) is 26.8 Å². The van der Waals surface area contributed by atoms with E-state index in [9.17, 15) is 4.79 Å². The van der Waals surface area contributed by atoms with Crippen molar-refractivity contribution in [1.29, 1.82) is 0 Å². The largest absolute Gasteiger partial charge is 0.298 e. The highest BCUT2D eigenvalue weighted by Crippen LogP contribution is 2.63. The van der Waals surface area contributed by atoms with Gasteiger partial charge in [-0.15, -0.1) is 0 Å². The van der Waals surface area contributed by atoms with E-state index in [4.69, 9.17) is 0 Å². The molecule has 0 radical (unpaired) electrons. The van der Waals surface area contributed by atoms with Gasteiger partial charge in [0.1, 0.15) is 6.29 Å². The third-order valence-electron chi connectivity index (χ3n) is 5.44. The van der Waals surface area contributed by atoms with Crippen LogP contribution in [0.15, 0.2) is 11.6 Å². The molecular weight excluding hydrogens is 196 g/mol. The molecule has 3 aliphatic rings. The van der Waals surface area contributed by atoms with Crippen molar-refractivity contribution in [2.75, 3.05) is 0 Å². The van der Waals surface area contributed by atoms with Crippen molar-refractivity contribution < 1.29 is 4.79 Å². The first-order chi connectivity index (χ1) is 7.46. The van der Waals surface area contributed by atoms with E-state index in [2.05, 4.69) is 26.8 Å². The molecule has 0 amide bonds. The average molecular weight is 220 g/mol. The molecule has 1 nitrogen and oxygen atoms in total. The van der Waals surface area contributed by atoms with Gasteiger partial charge < -0.3 is 0 Å². The maximum Gasteiger partial charge on any atom is 0.145 e. The van der Waals surface area contributed by atoms with E-state index in [0.29, 0.717) is 5.41 Å². The number of hydrogen-bond acceptors (Lipinski definition) is 1. The second-order valence-electron chi connectivity index (χ2n) is 6.52. The predicted octanol–water partition coefficient (Wildman–Crippen LogP) is 3.84. The van der Waals surface area contributed by atoms with Gasteiger partial charge in [0.2, 0.25) is 0 Å². The molecule has 0 heterocycles. The minimum Gasteiger partial charge on any atom is -0.298 e. The Morgan fingerprint density at radius 3 is 2.56 bits per heavy atom. The van der Waals surface area contributed by atoms with Gasteiger partial charge in [0.25, 0.3) is 0 Å². The van der Waals surface area contributed by atoms with Gasteiger partial charge >= 0.3 is 0 Å². The summed E-state index contributed by atoms with van der Waals surface area (Å²) < 4.78 is 0. The number of aldehydes is 1. The van der Waals surface area contributed by atoms with Crippen LogP contribution >= 0.6 is 0 Å². The molecule has 0 aromatic carbocycles. The summed E-state index contributed by atoms with van der Waals surface area (Å²) in [6, 6.07) is 0. The first-order valence-electron chi connectivity index (χ1n) is 6.58. The molecule has 16 heavy (non-hydrogen) atoms. The topological polar surface area (TPSA) is 17.1 Å². The van der Waals surface area contributed by atoms with Crippen LogP contribution < -0.4 is 0 Å². The van der Waals surface area contributed by atoms with Gasteiger partial charge in [-0.3, -0.25) is 4.79 Å². The Kier molecular flexibility index (Phi) is 2.98. The van der Waals surface area contributed by atoms with Crippen LogP contribution in [0.4, 0.5) is 0 Å². The second-order valence-corrected chi connectivity index (χ2v) is 6.52. The Balaban J connectivity index is 1.98. The Hall–Kier alpha value is -0.590. The Bertz CT molecular complexity index is 313. The molecule has 4 atom stereocenters. The molecule has 0 unspecified atom stereocenters. The minimum atomic E-state index is 0.583. The molecule has 0 aliphatic heterocycles. The fourth-order valence-electron chi connectivity index (χ4n) is 3.95. The maximum absolute atomic E-state index is 10.6. The summed E-state index contributed by atoms with van der Waals surface area (Å²) in [5.74, 6) is 3.49. The third-order valence-corrected chi connectivity index (χ3v) is 5.44. The Labute approximate surface area is 99.3 Å². The SMILES string of the molecule is CC(C=O)=CC[C@@H]1C[C@H]2C[C@@H]([C@@H]1C)C2(C)C. The van der Waals surface area contributed by atoms with Crippen LogP contribution in [0, 0.1) is 29.1 Å². The molecule has 2 bridgehead atoms. The van der Waals surface area contributed by atoms with Gasteiger partial charge in [0.05, 0.1) is 0 Å². The molecule has 0 N–H and O–H groups in total. The van der Waals surface area contributed by atoms with Gasteiger partial charge in [-0.2, -0.15) is 0 Å². The fourth-order valence-corrected chi connectivity index (χ4v) is 3.95. The van der Waals surface area contributed by atoms with Crippen molar-refractivity contribution in [1.82, 2.24) is 0 Å². The van der Waals surface area contributed by atoms with Crippen LogP contribution in [0.3, 0.4) is 0 Å². The molecule has 90 valence electrons. The molecule has 0 aromatic heterocycles. The first kappa shape index (κ1) is 11.9. The molecule has 0 saturated heterocycles. The van der Waals surface area contributed by atoms with E-state index in [1.54, 1.807) is 0 Å². The van der Waals surface area contributed by atoms with Gasteiger partial charge in [0.15, 0.2) is 0 Å². The fraction of sp³-hybridized carbons (Fsp3) is 0.800. The summed E-state index contributed by atoms with van der Waals surface area (Å²) in [5.41, 5.74) is 1.48. The van der Waals surface area contributed by atoms with Crippen LogP contribution in [0.25, 0.3) is 0 Å². The number of carbonyl (C=O) groups is 1. The van der Waals surface area contributed by atoms with E-state index < -0.39 is 0 Å². The third kappa shape index (κ3) is 1.74. The summed E-state index contributed by atoms with van der Waals surface area (Å²) >= 11 is 0. The minimum absolute atomic E-state index is 0.583. The zero-order chi connectivity index (χ0) is 11.9. The molecular formula is C15H24O. The zero-order valence-corrected chi connectivity index (χ0v) is 11.0. The van der Waals surface area contributed by atoms with Gasteiger partial charge in [-0.25, -0.2) is 0 Å². The highest BCUT2D eigenvalue weighted by Gasteiger charge is 2.55. The Morgan fingerprint density at radius 2 is 2.06 bits per heavy atom. The molecule has 3 fully saturated rings. The highest BCUT2D eigenvalue weighted by atomic mass is 16.1. The van der Waals surface area contributed by atoms with Crippen molar-refractivity contribution in [2.24, 2.45) is 29.1 Å².